The Labute approximate surface area is 84.1 Å². The number of furan rings is 1. The summed E-state index contributed by atoms with van der Waals surface area (Å²) in [6, 6.07) is 1.93. The zero-order valence-electron chi connectivity index (χ0n) is 8.55. The van der Waals surface area contributed by atoms with Crippen molar-refractivity contribution in [3.05, 3.63) is 11.6 Å². The summed E-state index contributed by atoms with van der Waals surface area (Å²) in [7, 11) is 0. The molecule has 0 amide bonds. The number of rotatable bonds is 2. The van der Waals surface area contributed by atoms with E-state index in [1.54, 1.807) is 0 Å². The first-order valence-electron chi connectivity index (χ1n) is 5.15. The maximum atomic E-state index is 5.65. The van der Waals surface area contributed by atoms with Crippen LogP contribution in [-0.2, 0) is 6.42 Å². The van der Waals surface area contributed by atoms with Crippen molar-refractivity contribution in [3.63, 3.8) is 0 Å². The number of nitrogens with two attached hydrogens (primary N) is 1. The fourth-order valence-electron chi connectivity index (χ4n) is 1.83. The molecule has 78 valence electrons. The minimum atomic E-state index is 0.524. The molecule has 1 aliphatic rings. The predicted molar refractivity (Wildman–Crippen MR) is 57.6 cm³/mol. The Kier molecular flexibility index (Phi) is 2.63. The van der Waals surface area contributed by atoms with Crippen molar-refractivity contribution in [1.82, 2.24) is 5.32 Å². The molecule has 0 aliphatic carbocycles. The Morgan fingerprint density at radius 3 is 2.86 bits per heavy atom. The smallest absolute Gasteiger partial charge is 0.201 e. The zero-order valence-corrected chi connectivity index (χ0v) is 8.55. The maximum absolute atomic E-state index is 5.65. The molecule has 0 atom stereocenters. The van der Waals surface area contributed by atoms with Crippen molar-refractivity contribution < 1.29 is 4.42 Å². The van der Waals surface area contributed by atoms with Crippen molar-refractivity contribution in [2.24, 2.45) is 0 Å². The summed E-state index contributed by atoms with van der Waals surface area (Å²) in [4.78, 5) is 2.26. The van der Waals surface area contributed by atoms with Crippen LogP contribution in [0.5, 0.6) is 0 Å². The van der Waals surface area contributed by atoms with Crippen LogP contribution in [0.1, 0.15) is 12.5 Å². The maximum Gasteiger partial charge on any atom is 0.201 e. The quantitative estimate of drug-likeness (QED) is 0.734. The molecule has 0 saturated carbocycles. The highest BCUT2D eigenvalue weighted by Gasteiger charge is 2.17. The van der Waals surface area contributed by atoms with Crippen LogP contribution in [0, 0.1) is 0 Å². The molecule has 14 heavy (non-hydrogen) atoms. The van der Waals surface area contributed by atoms with E-state index in [4.69, 9.17) is 10.2 Å². The van der Waals surface area contributed by atoms with E-state index in [0.717, 1.165) is 38.5 Å². The molecule has 2 rings (SSSR count). The normalized spacial score (nSPS) is 17.4. The molecular formula is C10H17N3O. The van der Waals surface area contributed by atoms with Gasteiger partial charge in [0.25, 0.3) is 0 Å². The number of nitrogens with one attached hydrogen (secondary N) is 1. The van der Waals surface area contributed by atoms with Crippen molar-refractivity contribution in [2.45, 2.75) is 13.3 Å². The molecule has 2 heterocycles. The van der Waals surface area contributed by atoms with Crippen molar-refractivity contribution in [2.75, 3.05) is 36.8 Å². The van der Waals surface area contributed by atoms with Crippen molar-refractivity contribution in [1.29, 1.82) is 0 Å². The first-order valence-corrected chi connectivity index (χ1v) is 5.15. The summed E-state index contributed by atoms with van der Waals surface area (Å²) in [6.45, 7) is 6.16. The third-order valence-corrected chi connectivity index (χ3v) is 2.59. The summed E-state index contributed by atoms with van der Waals surface area (Å²) in [5.41, 5.74) is 6.87. The Balaban J connectivity index is 2.20. The molecule has 0 spiro atoms. The number of nitrogens with zero attached hydrogens (tertiary/aromatic N) is 1. The van der Waals surface area contributed by atoms with Gasteiger partial charge in [-0.05, 0) is 6.42 Å². The predicted octanol–water partition coefficient (Wildman–Crippen LogP) is 0.834. The molecule has 1 aliphatic heterocycles. The second kappa shape index (κ2) is 3.92. The van der Waals surface area contributed by atoms with E-state index in [-0.39, 0.29) is 0 Å². The summed E-state index contributed by atoms with van der Waals surface area (Å²) < 4.78 is 5.52. The highest BCUT2D eigenvalue weighted by molar-refractivity contribution is 5.51. The van der Waals surface area contributed by atoms with Gasteiger partial charge in [0.05, 0.1) is 0 Å². The largest absolute Gasteiger partial charge is 0.425 e. The fourth-order valence-corrected chi connectivity index (χ4v) is 1.83. The number of piperazine rings is 1. The monoisotopic (exact) mass is 195 g/mol. The molecule has 1 aromatic rings. The van der Waals surface area contributed by atoms with E-state index in [9.17, 15) is 0 Å². The van der Waals surface area contributed by atoms with E-state index >= 15 is 0 Å². The van der Waals surface area contributed by atoms with Gasteiger partial charge in [0.1, 0.15) is 0 Å². The minimum absolute atomic E-state index is 0.524. The summed E-state index contributed by atoms with van der Waals surface area (Å²) >= 11 is 0. The summed E-state index contributed by atoms with van der Waals surface area (Å²) in [6.07, 6.45) is 0.972. The van der Waals surface area contributed by atoms with Gasteiger partial charge in [-0.3, -0.25) is 0 Å². The van der Waals surface area contributed by atoms with Crippen molar-refractivity contribution in [3.8, 4) is 0 Å². The Morgan fingerprint density at radius 1 is 1.50 bits per heavy atom. The molecule has 0 aromatic carbocycles. The zero-order chi connectivity index (χ0) is 9.97. The average Bonchev–Trinajstić information content (AvgIpc) is 2.61. The van der Waals surface area contributed by atoms with Gasteiger partial charge in [0.15, 0.2) is 5.88 Å². The molecule has 1 fully saturated rings. The third-order valence-electron chi connectivity index (χ3n) is 2.59. The van der Waals surface area contributed by atoms with Crippen LogP contribution in [0.25, 0.3) is 0 Å². The van der Waals surface area contributed by atoms with Gasteiger partial charge < -0.3 is 20.4 Å². The van der Waals surface area contributed by atoms with E-state index < -0.39 is 0 Å². The molecule has 1 saturated heterocycles. The molecule has 0 unspecified atom stereocenters. The molecule has 0 bridgehead atoms. The second-order valence-electron chi connectivity index (χ2n) is 3.57. The van der Waals surface area contributed by atoms with Gasteiger partial charge in [0.2, 0.25) is 5.88 Å². The number of anilines is 2. The first kappa shape index (κ1) is 9.40. The van der Waals surface area contributed by atoms with Crippen LogP contribution in [0.2, 0.25) is 0 Å². The Morgan fingerprint density at radius 2 is 2.21 bits per heavy atom. The molecule has 0 radical (unpaired) electrons. The number of aryl methyl sites for hydroxylation is 1. The summed E-state index contributed by atoms with van der Waals surface area (Å²) in [5.74, 6) is 1.49. The Bertz CT molecular complexity index is 302. The van der Waals surface area contributed by atoms with Crippen LogP contribution in [-0.4, -0.2) is 26.2 Å². The lowest BCUT2D eigenvalue weighted by Gasteiger charge is -2.27. The fraction of sp³-hybridized carbons (Fsp3) is 0.600. The average molecular weight is 195 g/mol. The topological polar surface area (TPSA) is 54.4 Å². The number of nitrogen functional groups attached to an aromatic ring is 1. The Hall–Kier alpha value is -1.16. The summed E-state index contributed by atoms with van der Waals surface area (Å²) in [5, 5.41) is 3.31. The molecule has 1 aromatic heterocycles. The lowest BCUT2D eigenvalue weighted by Crippen LogP contribution is -2.43. The third kappa shape index (κ3) is 1.70. The molecular weight excluding hydrogens is 178 g/mol. The lowest BCUT2D eigenvalue weighted by atomic mass is 10.2. The van der Waals surface area contributed by atoms with Gasteiger partial charge in [-0.15, -0.1) is 0 Å². The standard InChI is InChI=1S/C10H17N3O/c1-2-8-7-9(11)14-10(8)13-5-3-12-4-6-13/h7,12H,2-6,11H2,1H3. The van der Waals surface area contributed by atoms with Gasteiger partial charge >= 0.3 is 0 Å². The minimum Gasteiger partial charge on any atom is -0.425 e. The van der Waals surface area contributed by atoms with Crippen LogP contribution < -0.4 is 16.0 Å². The van der Waals surface area contributed by atoms with Crippen LogP contribution in [0.15, 0.2) is 10.5 Å². The molecule has 4 nitrogen and oxygen atoms in total. The van der Waals surface area contributed by atoms with Crippen LogP contribution in [0.4, 0.5) is 11.8 Å². The van der Waals surface area contributed by atoms with Gasteiger partial charge in [-0.25, -0.2) is 0 Å². The second-order valence-corrected chi connectivity index (χ2v) is 3.57. The van der Waals surface area contributed by atoms with E-state index in [1.807, 2.05) is 6.07 Å². The lowest BCUT2D eigenvalue weighted by molar-refractivity contribution is 0.514. The van der Waals surface area contributed by atoms with E-state index in [2.05, 4.69) is 17.1 Å². The highest BCUT2D eigenvalue weighted by Crippen LogP contribution is 2.27. The van der Waals surface area contributed by atoms with E-state index in [1.165, 1.54) is 5.56 Å². The molecule has 4 heteroatoms. The van der Waals surface area contributed by atoms with Crippen LogP contribution >= 0.6 is 0 Å². The van der Waals surface area contributed by atoms with Crippen LogP contribution in [0.3, 0.4) is 0 Å². The number of hydrogen-bond acceptors (Lipinski definition) is 4. The SMILES string of the molecule is CCc1cc(N)oc1N1CCNCC1. The van der Waals surface area contributed by atoms with Crippen molar-refractivity contribution >= 4 is 11.8 Å². The van der Waals surface area contributed by atoms with Gasteiger partial charge in [0, 0.05) is 37.8 Å². The van der Waals surface area contributed by atoms with E-state index in [0.29, 0.717) is 5.88 Å². The number of hydrogen-bond donors (Lipinski definition) is 2. The van der Waals surface area contributed by atoms with Gasteiger partial charge in [-0.1, -0.05) is 6.92 Å². The van der Waals surface area contributed by atoms with Gasteiger partial charge in [-0.2, -0.15) is 0 Å². The molecule has 3 N–H and O–H groups in total. The first-order chi connectivity index (χ1) is 6.81. The highest BCUT2D eigenvalue weighted by atomic mass is 16.4.